The summed E-state index contributed by atoms with van der Waals surface area (Å²) in [5.74, 6) is 0.573. The molecule has 0 saturated carbocycles. The van der Waals surface area contributed by atoms with Crippen molar-refractivity contribution in [3.63, 3.8) is 0 Å². The quantitative estimate of drug-likeness (QED) is 0.849. The monoisotopic (exact) mass is 276 g/mol. The number of esters is 1. The number of aromatic amines is 1. The molecule has 0 bridgehead atoms. The lowest BCUT2D eigenvalue weighted by atomic mass is 10.2. The van der Waals surface area contributed by atoms with Crippen LogP contribution in [0.4, 0.5) is 0 Å². The van der Waals surface area contributed by atoms with E-state index in [-0.39, 0.29) is 11.5 Å². The normalized spacial score (nSPS) is 10.8. The van der Waals surface area contributed by atoms with Crippen LogP contribution in [0.3, 0.4) is 0 Å². The van der Waals surface area contributed by atoms with Crippen LogP contribution in [0.5, 0.6) is 0 Å². The van der Waals surface area contributed by atoms with Gasteiger partial charge in [-0.15, -0.1) is 0 Å². The van der Waals surface area contributed by atoms with Gasteiger partial charge in [-0.1, -0.05) is 13.8 Å². The topological polar surface area (TPSA) is 89.9 Å². The highest BCUT2D eigenvalue weighted by Crippen LogP contribution is 2.10. The molecule has 1 N–H and O–H groups in total. The van der Waals surface area contributed by atoms with E-state index in [2.05, 4.69) is 15.1 Å². The van der Waals surface area contributed by atoms with Gasteiger partial charge in [-0.3, -0.25) is 4.79 Å². The number of carbonyl (C=O) groups is 1. The van der Waals surface area contributed by atoms with E-state index in [1.165, 1.54) is 23.1 Å². The second kappa shape index (κ2) is 5.68. The second-order valence-electron chi connectivity index (χ2n) is 4.54. The second-order valence-corrected chi connectivity index (χ2v) is 4.54. The van der Waals surface area contributed by atoms with E-state index >= 15 is 0 Å². The Balaban J connectivity index is 2.37. The molecule has 2 aromatic rings. The zero-order valence-corrected chi connectivity index (χ0v) is 11.6. The molecule has 2 rings (SSSR count). The SMILES string of the molecule is CCOC(=O)c1cnn(-c2cc(=O)[nH]c(C(C)C)n2)c1. The number of H-pyrrole nitrogens is 1. The summed E-state index contributed by atoms with van der Waals surface area (Å²) in [5, 5.41) is 4.03. The molecule has 0 aliphatic rings. The van der Waals surface area contributed by atoms with Gasteiger partial charge in [-0.05, 0) is 6.92 Å². The van der Waals surface area contributed by atoms with Crippen LogP contribution < -0.4 is 5.56 Å². The average Bonchev–Trinajstić information content (AvgIpc) is 2.88. The molecule has 2 aromatic heterocycles. The Morgan fingerprint density at radius 2 is 2.25 bits per heavy atom. The largest absolute Gasteiger partial charge is 0.462 e. The Morgan fingerprint density at radius 3 is 2.90 bits per heavy atom. The van der Waals surface area contributed by atoms with Gasteiger partial charge in [-0.25, -0.2) is 14.5 Å². The summed E-state index contributed by atoms with van der Waals surface area (Å²) in [4.78, 5) is 30.2. The van der Waals surface area contributed by atoms with Gasteiger partial charge in [-0.2, -0.15) is 5.10 Å². The van der Waals surface area contributed by atoms with Crippen molar-refractivity contribution in [1.29, 1.82) is 0 Å². The molecular weight excluding hydrogens is 260 g/mol. The summed E-state index contributed by atoms with van der Waals surface area (Å²) in [7, 11) is 0. The lowest BCUT2D eigenvalue weighted by Gasteiger charge is -2.06. The van der Waals surface area contributed by atoms with Crippen molar-refractivity contribution >= 4 is 5.97 Å². The van der Waals surface area contributed by atoms with Crippen LogP contribution in [-0.2, 0) is 4.74 Å². The number of nitrogens with zero attached hydrogens (tertiary/aromatic N) is 3. The predicted molar refractivity (Wildman–Crippen MR) is 72.0 cm³/mol. The van der Waals surface area contributed by atoms with Gasteiger partial charge < -0.3 is 9.72 Å². The Kier molecular flexibility index (Phi) is 3.97. The van der Waals surface area contributed by atoms with Crippen LogP contribution in [0, 0.1) is 0 Å². The minimum Gasteiger partial charge on any atom is -0.462 e. The van der Waals surface area contributed by atoms with Gasteiger partial charge in [0.1, 0.15) is 5.82 Å². The lowest BCUT2D eigenvalue weighted by Crippen LogP contribution is -2.15. The molecule has 7 heteroatoms. The average molecular weight is 276 g/mol. The van der Waals surface area contributed by atoms with Gasteiger partial charge in [0.2, 0.25) is 0 Å². The maximum absolute atomic E-state index is 11.6. The van der Waals surface area contributed by atoms with Crippen LogP contribution in [-0.4, -0.2) is 32.3 Å². The first-order chi connectivity index (χ1) is 9.51. The summed E-state index contributed by atoms with van der Waals surface area (Å²) < 4.78 is 6.26. The maximum Gasteiger partial charge on any atom is 0.341 e. The molecule has 2 heterocycles. The Labute approximate surface area is 115 Å². The molecule has 0 radical (unpaired) electrons. The minimum absolute atomic E-state index is 0.0859. The van der Waals surface area contributed by atoms with Gasteiger partial charge in [0.15, 0.2) is 5.82 Å². The number of carbonyl (C=O) groups excluding carboxylic acids is 1. The number of ether oxygens (including phenoxy) is 1. The highest BCUT2D eigenvalue weighted by molar-refractivity contribution is 5.88. The van der Waals surface area contributed by atoms with E-state index in [1.807, 2.05) is 13.8 Å². The molecule has 0 spiro atoms. The van der Waals surface area contributed by atoms with E-state index < -0.39 is 5.97 Å². The molecule has 7 nitrogen and oxygen atoms in total. The number of aromatic nitrogens is 4. The zero-order chi connectivity index (χ0) is 14.7. The third-order valence-electron chi connectivity index (χ3n) is 2.62. The lowest BCUT2D eigenvalue weighted by molar-refractivity contribution is 0.0526. The third-order valence-corrected chi connectivity index (χ3v) is 2.62. The molecule has 0 unspecified atom stereocenters. The smallest absolute Gasteiger partial charge is 0.341 e. The van der Waals surface area contributed by atoms with Gasteiger partial charge in [0.05, 0.1) is 18.4 Å². The van der Waals surface area contributed by atoms with Gasteiger partial charge in [0.25, 0.3) is 5.56 Å². The predicted octanol–water partition coefficient (Wildman–Crippen LogP) is 1.26. The number of hydrogen-bond acceptors (Lipinski definition) is 5. The molecule has 0 atom stereocenters. The Hall–Kier alpha value is -2.44. The summed E-state index contributed by atoms with van der Waals surface area (Å²) in [6.45, 7) is 5.88. The van der Waals surface area contributed by atoms with Crippen molar-refractivity contribution in [2.45, 2.75) is 26.7 Å². The van der Waals surface area contributed by atoms with Gasteiger partial charge >= 0.3 is 5.97 Å². The van der Waals surface area contributed by atoms with Crippen molar-refractivity contribution in [2.75, 3.05) is 6.61 Å². The molecule has 20 heavy (non-hydrogen) atoms. The van der Waals surface area contributed by atoms with Crippen LogP contribution in [0.15, 0.2) is 23.3 Å². The zero-order valence-electron chi connectivity index (χ0n) is 11.6. The van der Waals surface area contributed by atoms with Crippen molar-refractivity contribution in [2.24, 2.45) is 0 Å². The summed E-state index contributed by atoms with van der Waals surface area (Å²) in [6.07, 6.45) is 2.87. The highest BCUT2D eigenvalue weighted by atomic mass is 16.5. The first kappa shape index (κ1) is 14.0. The molecule has 0 saturated heterocycles. The van der Waals surface area contributed by atoms with Crippen LogP contribution in [0.2, 0.25) is 0 Å². The minimum atomic E-state index is -0.451. The van der Waals surface area contributed by atoms with Crippen molar-refractivity contribution in [3.05, 3.63) is 40.2 Å². The molecule has 0 fully saturated rings. The molecular formula is C13H16N4O3. The first-order valence-corrected chi connectivity index (χ1v) is 6.34. The van der Waals surface area contributed by atoms with E-state index in [1.54, 1.807) is 6.92 Å². The molecule has 0 aliphatic carbocycles. The first-order valence-electron chi connectivity index (χ1n) is 6.34. The number of hydrogen-bond donors (Lipinski definition) is 1. The molecule has 0 amide bonds. The standard InChI is InChI=1S/C13H16N4O3/c1-4-20-13(19)9-6-14-17(7-9)10-5-11(18)16-12(15-10)8(2)3/h5-8H,4H2,1-3H3,(H,15,16,18). The van der Waals surface area contributed by atoms with Crippen molar-refractivity contribution in [1.82, 2.24) is 19.7 Å². The molecule has 0 aliphatic heterocycles. The van der Waals surface area contributed by atoms with E-state index in [0.717, 1.165) is 0 Å². The fourth-order valence-electron chi connectivity index (χ4n) is 1.62. The van der Waals surface area contributed by atoms with Crippen LogP contribution >= 0.6 is 0 Å². The fourth-order valence-corrected chi connectivity index (χ4v) is 1.62. The van der Waals surface area contributed by atoms with Crippen molar-refractivity contribution in [3.8, 4) is 5.82 Å². The maximum atomic E-state index is 11.6. The van der Waals surface area contributed by atoms with E-state index in [0.29, 0.717) is 23.8 Å². The Bertz CT molecular complexity index is 672. The number of nitrogens with one attached hydrogen (secondary N) is 1. The van der Waals surface area contributed by atoms with Gasteiger partial charge in [0, 0.05) is 18.2 Å². The molecule has 106 valence electrons. The van der Waals surface area contributed by atoms with Crippen molar-refractivity contribution < 1.29 is 9.53 Å². The number of rotatable bonds is 4. The fraction of sp³-hybridized carbons (Fsp3) is 0.385. The summed E-state index contributed by atoms with van der Waals surface area (Å²) in [5.41, 5.74) is 0.0620. The Morgan fingerprint density at radius 1 is 1.50 bits per heavy atom. The van der Waals surface area contributed by atoms with E-state index in [9.17, 15) is 9.59 Å². The summed E-state index contributed by atoms with van der Waals surface area (Å²) >= 11 is 0. The third kappa shape index (κ3) is 2.93. The van der Waals surface area contributed by atoms with Crippen LogP contribution in [0.1, 0.15) is 42.9 Å². The highest BCUT2D eigenvalue weighted by Gasteiger charge is 2.12. The van der Waals surface area contributed by atoms with E-state index in [4.69, 9.17) is 4.74 Å². The summed E-state index contributed by atoms with van der Waals surface area (Å²) in [6, 6.07) is 1.33. The molecule has 0 aromatic carbocycles. The van der Waals surface area contributed by atoms with Crippen LogP contribution in [0.25, 0.3) is 5.82 Å².